The van der Waals surface area contributed by atoms with Crippen LogP contribution in [0.25, 0.3) is 0 Å². The highest BCUT2D eigenvalue weighted by atomic mass is 16.1. The van der Waals surface area contributed by atoms with Crippen molar-refractivity contribution in [1.82, 2.24) is 4.98 Å². The number of H-pyrrole nitrogens is 1. The lowest BCUT2D eigenvalue weighted by molar-refractivity contribution is 0.834. The molecule has 22 heavy (non-hydrogen) atoms. The fourth-order valence-electron chi connectivity index (χ4n) is 2.53. The topological polar surface area (TPSA) is 45.2 Å². The Hall–Kier alpha value is -2.16. The minimum Gasteiger partial charge on any atom is -0.321 e. The van der Waals surface area contributed by atoms with Crippen LogP contribution in [0.4, 0.5) is 5.69 Å². The van der Waals surface area contributed by atoms with E-state index in [0.29, 0.717) is 11.8 Å². The zero-order valence-electron chi connectivity index (χ0n) is 14.0. The Kier molecular flexibility index (Phi) is 4.96. The molecule has 0 aliphatic carbocycles. The summed E-state index contributed by atoms with van der Waals surface area (Å²) < 4.78 is 0. The Labute approximate surface area is 132 Å². The van der Waals surface area contributed by atoms with Crippen molar-refractivity contribution in [2.45, 2.75) is 46.5 Å². The van der Waals surface area contributed by atoms with Crippen molar-refractivity contribution in [3.05, 3.63) is 63.6 Å². The SMILES string of the molecule is C/C(=N\c1c(C(C)C)cccc1C(C)C)c1cccc(=O)[nH]1. The number of benzene rings is 1. The van der Waals surface area contributed by atoms with Gasteiger partial charge in [0.25, 0.3) is 0 Å². The lowest BCUT2D eigenvalue weighted by Crippen LogP contribution is -2.10. The Morgan fingerprint density at radius 2 is 1.50 bits per heavy atom. The molecule has 2 aromatic rings. The minimum atomic E-state index is -0.103. The summed E-state index contributed by atoms with van der Waals surface area (Å²) >= 11 is 0. The van der Waals surface area contributed by atoms with Crippen molar-refractivity contribution >= 4 is 11.4 Å². The monoisotopic (exact) mass is 296 g/mol. The van der Waals surface area contributed by atoms with Gasteiger partial charge in [0.1, 0.15) is 0 Å². The van der Waals surface area contributed by atoms with Crippen LogP contribution < -0.4 is 5.56 Å². The normalized spacial score (nSPS) is 12.2. The van der Waals surface area contributed by atoms with Gasteiger partial charge in [0.05, 0.1) is 17.1 Å². The quantitative estimate of drug-likeness (QED) is 0.812. The van der Waals surface area contributed by atoms with Crippen molar-refractivity contribution in [2.24, 2.45) is 4.99 Å². The first-order valence-electron chi connectivity index (χ1n) is 7.78. The van der Waals surface area contributed by atoms with E-state index in [1.54, 1.807) is 6.07 Å². The summed E-state index contributed by atoms with van der Waals surface area (Å²) in [6, 6.07) is 11.5. The van der Waals surface area contributed by atoms with Crippen molar-refractivity contribution in [1.29, 1.82) is 0 Å². The van der Waals surface area contributed by atoms with E-state index in [2.05, 4.69) is 50.9 Å². The summed E-state index contributed by atoms with van der Waals surface area (Å²) in [5.41, 5.74) is 5.00. The van der Waals surface area contributed by atoms with Gasteiger partial charge in [0.2, 0.25) is 5.56 Å². The number of para-hydroxylation sites is 1. The van der Waals surface area contributed by atoms with Gasteiger partial charge < -0.3 is 4.98 Å². The second kappa shape index (κ2) is 6.73. The second-order valence-electron chi connectivity index (χ2n) is 6.22. The van der Waals surface area contributed by atoms with Crippen molar-refractivity contribution < 1.29 is 0 Å². The first-order chi connectivity index (χ1) is 10.4. The molecule has 0 saturated heterocycles. The van der Waals surface area contributed by atoms with Crippen LogP contribution in [0, 0.1) is 0 Å². The van der Waals surface area contributed by atoms with Gasteiger partial charge in [-0.25, -0.2) is 0 Å². The van der Waals surface area contributed by atoms with Crippen molar-refractivity contribution in [2.75, 3.05) is 0 Å². The van der Waals surface area contributed by atoms with Gasteiger partial charge >= 0.3 is 0 Å². The fourth-order valence-corrected chi connectivity index (χ4v) is 2.53. The van der Waals surface area contributed by atoms with E-state index in [-0.39, 0.29) is 5.56 Å². The average Bonchev–Trinajstić information content (AvgIpc) is 2.46. The van der Waals surface area contributed by atoms with Crippen LogP contribution in [0.15, 0.2) is 46.2 Å². The molecule has 0 radical (unpaired) electrons. The van der Waals surface area contributed by atoms with Crippen LogP contribution in [-0.4, -0.2) is 10.7 Å². The number of nitrogens with one attached hydrogen (secondary N) is 1. The standard InChI is InChI=1S/C19H24N2O/c1-12(2)15-8-6-9-16(13(3)4)19(15)20-14(5)17-10-7-11-18(22)21-17/h6-13H,1-5H3,(H,21,22)/b20-14+. The minimum absolute atomic E-state index is 0.103. The molecule has 3 heteroatoms. The summed E-state index contributed by atoms with van der Waals surface area (Å²) in [6.45, 7) is 10.7. The number of aromatic amines is 1. The fraction of sp³-hybridized carbons (Fsp3) is 0.368. The molecular weight excluding hydrogens is 272 g/mol. The molecule has 0 spiro atoms. The first-order valence-corrected chi connectivity index (χ1v) is 7.78. The smallest absolute Gasteiger partial charge is 0.248 e. The van der Waals surface area contributed by atoms with Crippen LogP contribution >= 0.6 is 0 Å². The second-order valence-corrected chi connectivity index (χ2v) is 6.22. The molecule has 0 aliphatic heterocycles. The summed E-state index contributed by atoms with van der Waals surface area (Å²) in [6.07, 6.45) is 0. The molecule has 1 heterocycles. The molecule has 0 unspecified atom stereocenters. The predicted molar refractivity (Wildman–Crippen MR) is 93.6 cm³/mol. The van der Waals surface area contributed by atoms with Gasteiger partial charge in [-0.2, -0.15) is 0 Å². The largest absolute Gasteiger partial charge is 0.321 e. The van der Waals surface area contributed by atoms with Gasteiger partial charge in [-0.15, -0.1) is 0 Å². The van der Waals surface area contributed by atoms with Crippen molar-refractivity contribution in [3.8, 4) is 0 Å². The lowest BCUT2D eigenvalue weighted by atomic mass is 9.93. The number of hydrogen-bond acceptors (Lipinski definition) is 2. The Balaban J connectivity index is 2.60. The van der Waals surface area contributed by atoms with Crippen LogP contribution in [0.3, 0.4) is 0 Å². The highest BCUT2D eigenvalue weighted by Crippen LogP contribution is 2.35. The lowest BCUT2D eigenvalue weighted by Gasteiger charge is -2.17. The van der Waals surface area contributed by atoms with E-state index < -0.39 is 0 Å². The maximum atomic E-state index is 11.5. The summed E-state index contributed by atoms with van der Waals surface area (Å²) in [4.78, 5) is 19.2. The van der Waals surface area contributed by atoms with Gasteiger partial charge in [0.15, 0.2) is 0 Å². The summed E-state index contributed by atoms with van der Waals surface area (Å²) in [5.74, 6) is 0.806. The molecular formula is C19H24N2O. The van der Waals surface area contributed by atoms with E-state index >= 15 is 0 Å². The van der Waals surface area contributed by atoms with E-state index in [1.165, 1.54) is 17.2 Å². The highest BCUT2D eigenvalue weighted by Gasteiger charge is 2.13. The molecule has 0 bridgehead atoms. The van der Waals surface area contributed by atoms with Crippen molar-refractivity contribution in [3.63, 3.8) is 0 Å². The van der Waals surface area contributed by atoms with E-state index in [4.69, 9.17) is 4.99 Å². The Bertz CT molecular complexity index is 713. The Morgan fingerprint density at radius 1 is 0.955 bits per heavy atom. The molecule has 1 N–H and O–H groups in total. The molecule has 116 valence electrons. The zero-order valence-corrected chi connectivity index (χ0v) is 14.0. The summed E-state index contributed by atoms with van der Waals surface area (Å²) in [5, 5.41) is 0. The third-order valence-electron chi connectivity index (χ3n) is 3.78. The molecule has 1 aromatic heterocycles. The van der Waals surface area contributed by atoms with Crippen LogP contribution in [0.1, 0.15) is 63.3 Å². The van der Waals surface area contributed by atoms with E-state index in [1.807, 2.05) is 13.0 Å². The van der Waals surface area contributed by atoms with Gasteiger partial charge in [-0.1, -0.05) is 52.0 Å². The molecule has 0 atom stereocenters. The van der Waals surface area contributed by atoms with Gasteiger partial charge in [0, 0.05) is 6.07 Å². The number of nitrogens with zero attached hydrogens (tertiary/aromatic N) is 1. The third-order valence-corrected chi connectivity index (χ3v) is 3.78. The van der Waals surface area contributed by atoms with Crippen LogP contribution in [-0.2, 0) is 0 Å². The molecule has 2 rings (SSSR count). The highest BCUT2D eigenvalue weighted by molar-refractivity contribution is 5.99. The van der Waals surface area contributed by atoms with Crippen LogP contribution in [0.5, 0.6) is 0 Å². The molecule has 0 fully saturated rings. The molecule has 0 aliphatic rings. The maximum Gasteiger partial charge on any atom is 0.248 e. The molecule has 3 nitrogen and oxygen atoms in total. The van der Waals surface area contributed by atoms with E-state index in [0.717, 1.165) is 17.1 Å². The number of aliphatic imine (C=N–C) groups is 1. The Morgan fingerprint density at radius 3 is 2.00 bits per heavy atom. The number of pyridine rings is 1. The van der Waals surface area contributed by atoms with Gasteiger partial charge in [-0.3, -0.25) is 9.79 Å². The van der Waals surface area contributed by atoms with Crippen LogP contribution in [0.2, 0.25) is 0 Å². The number of aromatic nitrogens is 1. The predicted octanol–water partition coefficient (Wildman–Crippen LogP) is 4.76. The third kappa shape index (κ3) is 3.53. The molecule has 1 aromatic carbocycles. The molecule has 0 amide bonds. The number of hydrogen-bond donors (Lipinski definition) is 1. The average molecular weight is 296 g/mol. The zero-order chi connectivity index (χ0) is 16.3. The molecule has 0 saturated carbocycles. The van der Waals surface area contributed by atoms with Gasteiger partial charge in [-0.05, 0) is 36.0 Å². The summed E-state index contributed by atoms with van der Waals surface area (Å²) in [7, 11) is 0. The van der Waals surface area contributed by atoms with E-state index in [9.17, 15) is 4.79 Å². The maximum absolute atomic E-state index is 11.5. The number of rotatable bonds is 4. The first kappa shape index (κ1) is 16.2.